The van der Waals surface area contributed by atoms with Crippen molar-refractivity contribution < 1.29 is 22.7 Å². The van der Waals surface area contributed by atoms with Crippen molar-refractivity contribution in [3.05, 3.63) is 23.8 Å². The Morgan fingerprint density at radius 1 is 1.11 bits per heavy atom. The molecule has 0 N–H and O–H groups in total. The molecule has 0 saturated carbocycles. The van der Waals surface area contributed by atoms with Crippen LogP contribution >= 0.6 is 0 Å². The van der Waals surface area contributed by atoms with Crippen molar-refractivity contribution >= 4 is 15.9 Å². The number of aryl methyl sites for hydroxylation is 1. The molecule has 0 aromatic heterocycles. The minimum atomic E-state index is -3.54. The van der Waals surface area contributed by atoms with Crippen molar-refractivity contribution in [2.45, 2.75) is 11.8 Å². The van der Waals surface area contributed by atoms with Crippen LogP contribution in [0.25, 0.3) is 0 Å². The van der Waals surface area contributed by atoms with Gasteiger partial charge in [-0.3, -0.25) is 4.79 Å². The summed E-state index contributed by atoms with van der Waals surface area (Å²) in [6, 6.07) is 4.76. The van der Waals surface area contributed by atoms with E-state index in [1.54, 1.807) is 24.0 Å². The van der Waals surface area contributed by atoms with Gasteiger partial charge in [-0.15, -0.1) is 0 Å². The van der Waals surface area contributed by atoms with Crippen molar-refractivity contribution in [2.24, 2.45) is 0 Å². The largest absolute Gasteiger partial charge is 0.483 e. The zero-order valence-corrected chi connectivity index (χ0v) is 16.7. The van der Waals surface area contributed by atoms with Crippen LogP contribution in [0.2, 0.25) is 0 Å². The summed E-state index contributed by atoms with van der Waals surface area (Å²) >= 11 is 0. The van der Waals surface area contributed by atoms with E-state index in [2.05, 4.69) is 4.90 Å². The zero-order chi connectivity index (χ0) is 19.4. The fraction of sp³-hybridized carbons (Fsp3) is 0.611. The van der Waals surface area contributed by atoms with Crippen LogP contribution in [0, 0.1) is 6.92 Å². The number of ether oxygens (including phenoxy) is 2. The summed E-state index contributed by atoms with van der Waals surface area (Å²) in [6.45, 7) is 6.41. The van der Waals surface area contributed by atoms with Crippen molar-refractivity contribution in [1.82, 2.24) is 14.1 Å². The molecule has 2 fully saturated rings. The quantitative estimate of drug-likeness (QED) is 0.705. The fourth-order valence-corrected chi connectivity index (χ4v) is 4.66. The van der Waals surface area contributed by atoms with E-state index in [1.165, 1.54) is 10.4 Å². The van der Waals surface area contributed by atoms with Crippen LogP contribution in [-0.2, 0) is 19.6 Å². The Hall–Kier alpha value is -1.68. The number of hydrogen-bond acceptors (Lipinski definition) is 6. The van der Waals surface area contributed by atoms with Gasteiger partial charge in [-0.2, -0.15) is 4.31 Å². The number of benzene rings is 1. The monoisotopic (exact) mass is 397 g/mol. The SMILES string of the molecule is Cc1cc(S(=O)(=O)N2CCOCC2)ccc1OCC(=O)N1CCN(C)CC1. The summed E-state index contributed by atoms with van der Waals surface area (Å²) in [5.41, 5.74) is 0.690. The number of nitrogens with zero attached hydrogens (tertiary/aromatic N) is 3. The number of carbonyl (C=O) groups excluding carboxylic acids is 1. The Kier molecular flexibility index (Phi) is 6.36. The molecule has 2 saturated heterocycles. The predicted octanol–water partition coefficient (Wildman–Crippen LogP) is 0.169. The molecule has 2 aliphatic rings. The highest BCUT2D eigenvalue weighted by atomic mass is 32.2. The van der Waals surface area contributed by atoms with Gasteiger partial charge in [0.2, 0.25) is 10.0 Å². The summed E-state index contributed by atoms with van der Waals surface area (Å²) in [6.07, 6.45) is 0. The lowest BCUT2D eigenvalue weighted by atomic mass is 10.2. The van der Waals surface area contributed by atoms with Crippen molar-refractivity contribution in [2.75, 3.05) is 66.1 Å². The van der Waals surface area contributed by atoms with Crippen LogP contribution in [0.5, 0.6) is 5.75 Å². The lowest BCUT2D eigenvalue weighted by Crippen LogP contribution is -2.48. The second-order valence-electron chi connectivity index (χ2n) is 6.92. The maximum absolute atomic E-state index is 12.7. The van der Waals surface area contributed by atoms with Gasteiger partial charge in [0.15, 0.2) is 6.61 Å². The summed E-state index contributed by atoms with van der Waals surface area (Å²) in [5, 5.41) is 0. The molecule has 2 aliphatic heterocycles. The highest BCUT2D eigenvalue weighted by Crippen LogP contribution is 2.24. The Labute approximate surface area is 160 Å². The fourth-order valence-electron chi connectivity index (χ4n) is 3.17. The Morgan fingerprint density at radius 3 is 2.41 bits per heavy atom. The molecule has 1 aromatic rings. The topological polar surface area (TPSA) is 79.4 Å². The van der Waals surface area contributed by atoms with E-state index in [1.807, 2.05) is 7.05 Å². The smallest absolute Gasteiger partial charge is 0.260 e. The number of likely N-dealkylation sites (N-methyl/N-ethyl adjacent to an activating group) is 1. The first-order valence-corrected chi connectivity index (χ1v) is 10.6. The maximum atomic E-state index is 12.7. The van der Waals surface area contributed by atoms with Gasteiger partial charge in [0.25, 0.3) is 5.91 Å². The van der Waals surface area contributed by atoms with E-state index in [9.17, 15) is 13.2 Å². The first-order chi connectivity index (χ1) is 12.9. The number of morpholine rings is 1. The van der Waals surface area contributed by atoms with Crippen LogP contribution in [0.15, 0.2) is 23.1 Å². The first-order valence-electron chi connectivity index (χ1n) is 9.15. The summed E-state index contributed by atoms with van der Waals surface area (Å²) in [4.78, 5) is 16.5. The highest BCUT2D eigenvalue weighted by molar-refractivity contribution is 7.89. The summed E-state index contributed by atoms with van der Waals surface area (Å²) in [5.74, 6) is 0.478. The molecule has 27 heavy (non-hydrogen) atoms. The predicted molar refractivity (Wildman–Crippen MR) is 100 cm³/mol. The Morgan fingerprint density at radius 2 is 1.78 bits per heavy atom. The molecular formula is C18H27N3O5S. The standard InChI is InChI=1S/C18H27N3O5S/c1-15-13-16(27(23,24)21-9-11-25-12-10-21)3-4-17(15)26-14-18(22)20-7-5-19(2)6-8-20/h3-4,13H,5-12,14H2,1-2H3. The third-order valence-corrected chi connectivity index (χ3v) is 6.86. The third-order valence-electron chi connectivity index (χ3n) is 4.96. The van der Waals surface area contributed by atoms with Gasteiger partial charge < -0.3 is 19.3 Å². The molecular weight excluding hydrogens is 370 g/mol. The van der Waals surface area contributed by atoms with Crippen LogP contribution in [0.3, 0.4) is 0 Å². The van der Waals surface area contributed by atoms with Crippen LogP contribution in [-0.4, -0.2) is 94.6 Å². The van der Waals surface area contributed by atoms with Crippen molar-refractivity contribution in [3.8, 4) is 5.75 Å². The van der Waals surface area contributed by atoms with Gasteiger partial charge in [0.1, 0.15) is 5.75 Å². The van der Waals surface area contributed by atoms with Crippen LogP contribution in [0.1, 0.15) is 5.56 Å². The number of rotatable bonds is 5. The average Bonchev–Trinajstić information content (AvgIpc) is 2.68. The first kappa shape index (κ1) is 20.1. The average molecular weight is 397 g/mol. The van der Waals surface area contributed by atoms with E-state index >= 15 is 0 Å². The van der Waals surface area contributed by atoms with E-state index in [4.69, 9.17) is 9.47 Å². The van der Waals surface area contributed by atoms with E-state index in [0.29, 0.717) is 50.7 Å². The van der Waals surface area contributed by atoms with Gasteiger partial charge in [-0.1, -0.05) is 0 Å². The molecule has 1 aromatic carbocycles. The Balaban J connectivity index is 1.62. The van der Waals surface area contributed by atoms with Gasteiger partial charge >= 0.3 is 0 Å². The van der Waals surface area contributed by atoms with Gasteiger partial charge in [0.05, 0.1) is 18.1 Å². The molecule has 8 nitrogen and oxygen atoms in total. The normalized spacial score (nSPS) is 19.9. The number of hydrogen-bond donors (Lipinski definition) is 0. The van der Waals surface area contributed by atoms with E-state index < -0.39 is 10.0 Å². The highest BCUT2D eigenvalue weighted by Gasteiger charge is 2.27. The minimum absolute atomic E-state index is 0.0416. The molecule has 0 radical (unpaired) electrons. The van der Waals surface area contributed by atoms with Gasteiger partial charge in [-0.25, -0.2) is 8.42 Å². The number of piperazine rings is 1. The molecule has 3 rings (SSSR count). The number of sulfonamides is 1. The molecule has 9 heteroatoms. The van der Waals surface area contributed by atoms with Crippen molar-refractivity contribution in [3.63, 3.8) is 0 Å². The molecule has 150 valence electrons. The lowest BCUT2D eigenvalue weighted by molar-refractivity contribution is -0.134. The molecule has 0 aliphatic carbocycles. The van der Waals surface area contributed by atoms with E-state index in [-0.39, 0.29) is 17.4 Å². The summed E-state index contributed by atoms with van der Waals surface area (Å²) in [7, 11) is -1.50. The molecule has 0 atom stereocenters. The zero-order valence-electron chi connectivity index (χ0n) is 15.9. The van der Waals surface area contributed by atoms with Crippen molar-refractivity contribution in [1.29, 1.82) is 0 Å². The van der Waals surface area contributed by atoms with Gasteiger partial charge in [0, 0.05) is 39.3 Å². The number of amides is 1. The summed E-state index contributed by atoms with van der Waals surface area (Å²) < 4.78 is 37.7. The molecule has 1 amide bonds. The minimum Gasteiger partial charge on any atom is -0.483 e. The molecule has 2 heterocycles. The molecule has 0 spiro atoms. The van der Waals surface area contributed by atoms with Gasteiger partial charge in [-0.05, 0) is 37.7 Å². The number of carbonyl (C=O) groups is 1. The molecule has 0 bridgehead atoms. The second kappa shape index (κ2) is 8.55. The lowest BCUT2D eigenvalue weighted by Gasteiger charge is -2.32. The second-order valence-corrected chi connectivity index (χ2v) is 8.85. The Bertz CT molecular complexity index is 769. The molecule has 0 unspecified atom stereocenters. The third kappa shape index (κ3) is 4.78. The van der Waals surface area contributed by atoms with Crippen LogP contribution < -0.4 is 4.74 Å². The van der Waals surface area contributed by atoms with Crippen LogP contribution in [0.4, 0.5) is 0 Å². The van der Waals surface area contributed by atoms with E-state index in [0.717, 1.165) is 13.1 Å². The maximum Gasteiger partial charge on any atom is 0.260 e.